The fourth-order valence-electron chi connectivity index (χ4n) is 3.37. The molecule has 0 unspecified atom stereocenters. The molecular weight excluding hydrogens is 316 g/mol. The van der Waals surface area contributed by atoms with Crippen LogP contribution >= 0.6 is 0 Å². The lowest BCUT2D eigenvalue weighted by molar-refractivity contribution is -0.140. The summed E-state index contributed by atoms with van der Waals surface area (Å²) in [7, 11) is 1.78. The van der Waals surface area contributed by atoms with Gasteiger partial charge in [-0.15, -0.1) is 0 Å². The van der Waals surface area contributed by atoms with Crippen molar-refractivity contribution >= 4 is 17.5 Å². The van der Waals surface area contributed by atoms with Crippen LogP contribution in [0.15, 0.2) is 36.7 Å². The number of amides is 2. The molecule has 1 fully saturated rings. The monoisotopic (exact) mass is 340 g/mol. The van der Waals surface area contributed by atoms with E-state index in [1.54, 1.807) is 22.8 Å². The quantitative estimate of drug-likeness (QED) is 0.930. The van der Waals surface area contributed by atoms with E-state index in [9.17, 15) is 9.59 Å². The van der Waals surface area contributed by atoms with Crippen molar-refractivity contribution in [1.29, 1.82) is 0 Å². The second-order valence-corrected chi connectivity index (χ2v) is 6.58. The van der Waals surface area contributed by atoms with E-state index in [1.807, 2.05) is 44.3 Å². The van der Waals surface area contributed by atoms with Gasteiger partial charge in [0.1, 0.15) is 0 Å². The maximum atomic E-state index is 12.9. The van der Waals surface area contributed by atoms with Gasteiger partial charge >= 0.3 is 0 Å². The van der Waals surface area contributed by atoms with Crippen molar-refractivity contribution in [3.63, 3.8) is 0 Å². The second kappa shape index (κ2) is 7.09. The summed E-state index contributed by atoms with van der Waals surface area (Å²) in [5.74, 6) is -0.274. The normalized spacial score (nSPS) is 20.6. The highest BCUT2D eigenvalue weighted by Crippen LogP contribution is 2.36. The minimum Gasteiger partial charge on any atom is -0.338 e. The molecule has 1 saturated heterocycles. The van der Waals surface area contributed by atoms with Gasteiger partial charge in [0.05, 0.1) is 23.8 Å². The molecule has 1 aliphatic rings. The zero-order valence-corrected chi connectivity index (χ0v) is 14.9. The minimum absolute atomic E-state index is 0.0689. The number of anilines is 1. The molecule has 1 aromatic heterocycles. The number of hydrogen-bond acceptors (Lipinski definition) is 3. The van der Waals surface area contributed by atoms with Crippen LogP contribution in [-0.4, -0.2) is 33.5 Å². The molecule has 132 valence electrons. The van der Waals surface area contributed by atoms with Gasteiger partial charge in [-0.25, -0.2) is 0 Å². The summed E-state index contributed by atoms with van der Waals surface area (Å²) >= 11 is 0. The third kappa shape index (κ3) is 3.57. The number of nitrogens with one attached hydrogen (secondary N) is 1. The van der Waals surface area contributed by atoms with Crippen LogP contribution in [0.1, 0.15) is 36.9 Å². The minimum atomic E-state index is -0.282. The Hall–Kier alpha value is -2.63. The standard InChI is InChI=1S/C19H24N4O2/c1-4-23-12-15(11-20-23)21-19(25)16-9-10-17(24)22(3)18(16)14-7-5-13(2)6-8-14/h5-8,11-12,16,18H,4,9-10H2,1-3H3,(H,21,25)/t16-,18-/m1/s1. The zero-order chi connectivity index (χ0) is 18.0. The summed E-state index contributed by atoms with van der Waals surface area (Å²) in [4.78, 5) is 26.8. The summed E-state index contributed by atoms with van der Waals surface area (Å²) in [5, 5.41) is 7.14. The molecule has 6 heteroatoms. The first-order chi connectivity index (χ1) is 12.0. The van der Waals surface area contributed by atoms with E-state index < -0.39 is 0 Å². The molecule has 0 spiro atoms. The molecule has 2 amide bonds. The van der Waals surface area contributed by atoms with E-state index in [4.69, 9.17) is 0 Å². The number of carbonyl (C=O) groups excluding carboxylic acids is 2. The van der Waals surface area contributed by atoms with E-state index in [2.05, 4.69) is 10.4 Å². The molecule has 1 aliphatic heterocycles. The van der Waals surface area contributed by atoms with Crippen LogP contribution in [0.25, 0.3) is 0 Å². The van der Waals surface area contributed by atoms with Gasteiger partial charge in [-0.3, -0.25) is 14.3 Å². The molecule has 2 aromatic rings. The smallest absolute Gasteiger partial charge is 0.230 e. The lowest BCUT2D eigenvalue weighted by atomic mass is 9.83. The third-order valence-corrected chi connectivity index (χ3v) is 4.84. The molecule has 0 saturated carbocycles. The van der Waals surface area contributed by atoms with Gasteiger partial charge in [0.2, 0.25) is 11.8 Å². The van der Waals surface area contributed by atoms with Crippen LogP contribution in [0.5, 0.6) is 0 Å². The Morgan fingerprint density at radius 1 is 1.32 bits per heavy atom. The number of carbonyl (C=O) groups is 2. The topological polar surface area (TPSA) is 67.2 Å². The van der Waals surface area contributed by atoms with Gasteiger partial charge in [-0.2, -0.15) is 5.10 Å². The van der Waals surface area contributed by atoms with Gasteiger partial charge in [0.15, 0.2) is 0 Å². The van der Waals surface area contributed by atoms with E-state index in [1.165, 1.54) is 0 Å². The predicted octanol–water partition coefficient (Wildman–Crippen LogP) is 2.76. The summed E-state index contributed by atoms with van der Waals surface area (Å²) < 4.78 is 1.77. The van der Waals surface area contributed by atoms with Crippen LogP contribution < -0.4 is 5.32 Å². The van der Waals surface area contributed by atoms with E-state index in [0.29, 0.717) is 18.5 Å². The average molecular weight is 340 g/mol. The number of nitrogens with zero attached hydrogens (tertiary/aromatic N) is 3. The molecule has 2 heterocycles. The molecule has 2 atom stereocenters. The summed E-state index contributed by atoms with van der Waals surface area (Å²) in [6, 6.07) is 7.79. The number of rotatable bonds is 4. The highest BCUT2D eigenvalue weighted by Gasteiger charge is 2.38. The second-order valence-electron chi connectivity index (χ2n) is 6.58. The molecule has 3 rings (SSSR count). The number of aryl methyl sites for hydroxylation is 2. The lowest BCUT2D eigenvalue weighted by Crippen LogP contribution is -2.44. The van der Waals surface area contributed by atoms with Crippen molar-refractivity contribution in [2.45, 2.75) is 39.3 Å². The van der Waals surface area contributed by atoms with Crippen LogP contribution in [0, 0.1) is 12.8 Å². The van der Waals surface area contributed by atoms with E-state index >= 15 is 0 Å². The Morgan fingerprint density at radius 3 is 2.68 bits per heavy atom. The summed E-state index contributed by atoms with van der Waals surface area (Å²) in [5.41, 5.74) is 2.83. The highest BCUT2D eigenvalue weighted by molar-refractivity contribution is 5.94. The molecule has 1 N–H and O–H groups in total. The van der Waals surface area contributed by atoms with Crippen LogP contribution in [0.4, 0.5) is 5.69 Å². The van der Waals surface area contributed by atoms with Crippen molar-refractivity contribution in [2.75, 3.05) is 12.4 Å². The van der Waals surface area contributed by atoms with Crippen molar-refractivity contribution in [3.05, 3.63) is 47.8 Å². The predicted molar refractivity (Wildman–Crippen MR) is 95.9 cm³/mol. The van der Waals surface area contributed by atoms with E-state index in [-0.39, 0.29) is 23.8 Å². The average Bonchev–Trinajstić information content (AvgIpc) is 3.05. The molecule has 0 bridgehead atoms. The van der Waals surface area contributed by atoms with Crippen LogP contribution in [0.3, 0.4) is 0 Å². The Kier molecular flexibility index (Phi) is 4.88. The fourth-order valence-corrected chi connectivity index (χ4v) is 3.37. The fraction of sp³-hybridized carbons (Fsp3) is 0.421. The highest BCUT2D eigenvalue weighted by atomic mass is 16.2. The molecule has 6 nitrogen and oxygen atoms in total. The van der Waals surface area contributed by atoms with Crippen LogP contribution in [-0.2, 0) is 16.1 Å². The van der Waals surface area contributed by atoms with Crippen LogP contribution in [0.2, 0.25) is 0 Å². The maximum absolute atomic E-state index is 12.9. The summed E-state index contributed by atoms with van der Waals surface area (Å²) in [6.45, 7) is 4.77. The SMILES string of the molecule is CCn1cc(NC(=O)[C@@H]2CCC(=O)N(C)[C@@H]2c2ccc(C)cc2)cn1. The summed E-state index contributed by atoms with van der Waals surface area (Å²) in [6.07, 6.45) is 4.41. The first kappa shape index (κ1) is 17.2. The van der Waals surface area contributed by atoms with Crippen molar-refractivity contribution in [1.82, 2.24) is 14.7 Å². The molecule has 0 aliphatic carbocycles. The Bertz CT molecular complexity index is 766. The molecule has 1 aromatic carbocycles. The van der Waals surface area contributed by atoms with E-state index in [0.717, 1.165) is 17.7 Å². The van der Waals surface area contributed by atoms with Crippen molar-refractivity contribution in [2.24, 2.45) is 5.92 Å². The number of likely N-dealkylation sites (tertiary alicyclic amines) is 1. The van der Waals surface area contributed by atoms with Gasteiger partial charge in [0.25, 0.3) is 0 Å². The Morgan fingerprint density at radius 2 is 2.04 bits per heavy atom. The molecular formula is C19H24N4O2. The number of hydrogen-bond donors (Lipinski definition) is 1. The van der Waals surface area contributed by atoms with Gasteiger partial charge in [-0.1, -0.05) is 29.8 Å². The lowest BCUT2D eigenvalue weighted by Gasteiger charge is -2.38. The molecule has 0 radical (unpaired) electrons. The van der Waals surface area contributed by atoms with Crippen molar-refractivity contribution < 1.29 is 9.59 Å². The first-order valence-electron chi connectivity index (χ1n) is 8.65. The Labute approximate surface area is 147 Å². The van der Waals surface area contributed by atoms with Crippen molar-refractivity contribution in [3.8, 4) is 0 Å². The zero-order valence-electron chi connectivity index (χ0n) is 14.9. The Balaban J connectivity index is 1.84. The number of benzene rings is 1. The first-order valence-corrected chi connectivity index (χ1v) is 8.65. The van der Waals surface area contributed by atoms with Gasteiger partial charge < -0.3 is 10.2 Å². The van der Waals surface area contributed by atoms with Gasteiger partial charge in [0, 0.05) is 26.2 Å². The van der Waals surface area contributed by atoms with Gasteiger partial charge in [-0.05, 0) is 25.8 Å². The number of piperidine rings is 1. The number of aromatic nitrogens is 2. The molecule has 25 heavy (non-hydrogen) atoms. The maximum Gasteiger partial charge on any atom is 0.230 e. The third-order valence-electron chi connectivity index (χ3n) is 4.84. The largest absolute Gasteiger partial charge is 0.338 e.